The van der Waals surface area contributed by atoms with Crippen molar-refractivity contribution in [3.8, 4) is 0 Å². The van der Waals surface area contributed by atoms with Crippen LogP contribution >= 0.6 is 0 Å². The van der Waals surface area contributed by atoms with E-state index >= 15 is 0 Å². The molecule has 1 saturated heterocycles. The van der Waals surface area contributed by atoms with Crippen LogP contribution in [0.2, 0.25) is 0 Å². The molecule has 1 heterocycles. The van der Waals surface area contributed by atoms with Gasteiger partial charge in [0.15, 0.2) is 5.96 Å². The number of hydrogen-bond acceptors (Lipinski definition) is 3. The highest BCUT2D eigenvalue weighted by Gasteiger charge is 2.27. The smallest absolute Gasteiger partial charge is 0.410 e. The number of hydrogen-bond donors (Lipinski definition) is 2. The lowest BCUT2D eigenvalue weighted by Gasteiger charge is -2.34. The first-order valence-electron chi connectivity index (χ1n) is 8.52. The minimum atomic E-state index is -0.443. The summed E-state index contributed by atoms with van der Waals surface area (Å²) in [5.74, 6) is 0.944. The van der Waals surface area contributed by atoms with Crippen molar-refractivity contribution in [1.82, 2.24) is 10.2 Å². The van der Waals surface area contributed by atoms with Crippen LogP contribution in [-0.4, -0.2) is 47.7 Å². The van der Waals surface area contributed by atoms with E-state index in [2.05, 4.69) is 31.1 Å². The van der Waals surface area contributed by atoms with Gasteiger partial charge in [-0.25, -0.2) is 4.79 Å². The van der Waals surface area contributed by atoms with Crippen molar-refractivity contribution in [1.29, 1.82) is 0 Å². The molecular formula is C17H34N4O2. The Morgan fingerprint density at radius 2 is 1.96 bits per heavy atom. The number of guanidine groups is 1. The van der Waals surface area contributed by atoms with E-state index in [0.29, 0.717) is 18.4 Å². The summed E-state index contributed by atoms with van der Waals surface area (Å²) >= 11 is 0. The number of piperidine rings is 1. The Kier molecular flexibility index (Phi) is 6.71. The van der Waals surface area contributed by atoms with Crippen molar-refractivity contribution >= 4 is 12.1 Å². The quantitative estimate of drug-likeness (QED) is 0.617. The van der Waals surface area contributed by atoms with Gasteiger partial charge in [0.25, 0.3) is 0 Å². The Labute approximate surface area is 140 Å². The molecule has 0 spiro atoms. The molecule has 6 heteroatoms. The number of carbonyl (C=O) groups is 1. The van der Waals surface area contributed by atoms with E-state index in [0.717, 1.165) is 32.4 Å². The molecule has 1 amide bonds. The molecule has 0 aliphatic carbocycles. The van der Waals surface area contributed by atoms with Gasteiger partial charge in [0.2, 0.25) is 0 Å². The van der Waals surface area contributed by atoms with Crippen LogP contribution in [0, 0.1) is 5.92 Å². The first kappa shape index (κ1) is 19.6. The number of ether oxygens (including phenoxy) is 1. The molecule has 1 atom stereocenters. The van der Waals surface area contributed by atoms with Gasteiger partial charge in [0.1, 0.15) is 5.60 Å². The van der Waals surface area contributed by atoms with Crippen molar-refractivity contribution in [2.75, 3.05) is 19.6 Å². The van der Waals surface area contributed by atoms with E-state index in [1.807, 2.05) is 25.7 Å². The highest BCUT2D eigenvalue weighted by Crippen LogP contribution is 2.21. The Balaban J connectivity index is 2.41. The number of rotatable bonds is 3. The second-order valence-corrected chi connectivity index (χ2v) is 8.37. The number of amides is 1. The minimum absolute atomic E-state index is 0.0774. The van der Waals surface area contributed by atoms with Crippen molar-refractivity contribution in [2.24, 2.45) is 16.6 Å². The molecule has 3 N–H and O–H groups in total. The normalized spacial score (nSPS) is 20.3. The third kappa shape index (κ3) is 8.67. The Morgan fingerprint density at radius 1 is 1.30 bits per heavy atom. The van der Waals surface area contributed by atoms with E-state index in [-0.39, 0.29) is 11.6 Å². The summed E-state index contributed by atoms with van der Waals surface area (Å²) in [6.07, 6.45) is 2.87. The van der Waals surface area contributed by atoms with Crippen LogP contribution in [0.4, 0.5) is 4.79 Å². The summed E-state index contributed by atoms with van der Waals surface area (Å²) in [5, 5.41) is 3.15. The van der Waals surface area contributed by atoms with E-state index in [4.69, 9.17) is 10.5 Å². The third-order valence-electron chi connectivity index (χ3n) is 3.49. The molecule has 23 heavy (non-hydrogen) atoms. The first-order chi connectivity index (χ1) is 10.5. The molecular weight excluding hydrogens is 292 g/mol. The summed E-state index contributed by atoms with van der Waals surface area (Å²) in [6.45, 7) is 14.0. The standard InChI is InChI=1S/C17H34N4O2/c1-16(2,3)20-14(18)19-10-9-13-8-7-11-21(12-13)15(22)23-17(4,5)6/h13H,7-12H2,1-6H3,(H3,18,19,20). The van der Waals surface area contributed by atoms with Crippen LogP contribution in [0.5, 0.6) is 0 Å². The second-order valence-electron chi connectivity index (χ2n) is 8.37. The van der Waals surface area contributed by atoms with Gasteiger partial charge >= 0.3 is 6.09 Å². The molecule has 1 unspecified atom stereocenters. The molecule has 0 aromatic rings. The van der Waals surface area contributed by atoms with Gasteiger partial charge in [-0.1, -0.05) is 0 Å². The highest BCUT2D eigenvalue weighted by atomic mass is 16.6. The number of nitrogens with one attached hydrogen (secondary N) is 1. The topological polar surface area (TPSA) is 80.0 Å². The van der Waals surface area contributed by atoms with Crippen LogP contribution in [0.3, 0.4) is 0 Å². The third-order valence-corrected chi connectivity index (χ3v) is 3.49. The summed E-state index contributed by atoms with van der Waals surface area (Å²) < 4.78 is 5.45. The predicted molar refractivity (Wildman–Crippen MR) is 94.5 cm³/mol. The van der Waals surface area contributed by atoms with Gasteiger partial charge in [0, 0.05) is 25.2 Å². The van der Waals surface area contributed by atoms with Gasteiger partial charge in [-0.05, 0) is 66.7 Å². The maximum Gasteiger partial charge on any atom is 0.410 e. The van der Waals surface area contributed by atoms with Crippen molar-refractivity contribution in [2.45, 2.75) is 71.9 Å². The Hall–Kier alpha value is -1.46. The van der Waals surface area contributed by atoms with Crippen molar-refractivity contribution in [3.63, 3.8) is 0 Å². The van der Waals surface area contributed by atoms with Crippen LogP contribution in [0.15, 0.2) is 4.99 Å². The van der Waals surface area contributed by atoms with Gasteiger partial charge in [-0.15, -0.1) is 0 Å². The zero-order valence-electron chi connectivity index (χ0n) is 15.6. The zero-order chi connectivity index (χ0) is 17.7. The number of aliphatic imine (C=N–C) groups is 1. The predicted octanol–water partition coefficient (Wildman–Crippen LogP) is 2.73. The van der Waals surface area contributed by atoms with Gasteiger partial charge in [-0.2, -0.15) is 0 Å². The molecule has 1 aliphatic rings. The number of nitrogens with zero attached hydrogens (tertiary/aromatic N) is 2. The summed E-state index contributed by atoms with van der Waals surface area (Å²) in [6, 6.07) is 0. The minimum Gasteiger partial charge on any atom is -0.444 e. The van der Waals surface area contributed by atoms with Gasteiger partial charge < -0.3 is 20.7 Å². The largest absolute Gasteiger partial charge is 0.444 e. The fourth-order valence-electron chi connectivity index (χ4n) is 2.58. The summed E-state index contributed by atoms with van der Waals surface area (Å²) in [7, 11) is 0. The first-order valence-corrected chi connectivity index (χ1v) is 8.52. The molecule has 0 saturated carbocycles. The van der Waals surface area contributed by atoms with E-state index in [9.17, 15) is 4.79 Å². The van der Waals surface area contributed by atoms with Crippen LogP contribution < -0.4 is 11.1 Å². The molecule has 1 aliphatic heterocycles. The van der Waals surface area contributed by atoms with Crippen LogP contribution in [0.1, 0.15) is 60.8 Å². The fourth-order valence-corrected chi connectivity index (χ4v) is 2.58. The summed E-state index contributed by atoms with van der Waals surface area (Å²) in [4.78, 5) is 18.3. The highest BCUT2D eigenvalue weighted by molar-refractivity contribution is 5.78. The summed E-state index contributed by atoms with van der Waals surface area (Å²) in [5.41, 5.74) is 5.35. The molecule has 0 bridgehead atoms. The Morgan fingerprint density at radius 3 is 2.52 bits per heavy atom. The maximum absolute atomic E-state index is 12.1. The lowest BCUT2D eigenvalue weighted by atomic mass is 9.95. The number of carbonyl (C=O) groups excluding carboxylic acids is 1. The van der Waals surface area contributed by atoms with E-state index < -0.39 is 5.60 Å². The van der Waals surface area contributed by atoms with Gasteiger partial charge in [0.05, 0.1) is 0 Å². The zero-order valence-corrected chi connectivity index (χ0v) is 15.6. The molecule has 0 aromatic carbocycles. The lowest BCUT2D eigenvalue weighted by molar-refractivity contribution is 0.0163. The average Bonchev–Trinajstić information content (AvgIpc) is 2.35. The second kappa shape index (κ2) is 7.88. The van der Waals surface area contributed by atoms with Gasteiger partial charge in [-0.3, -0.25) is 4.99 Å². The van der Waals surface area contributed by atoms with E-state index in [1.165, 1.54) is 0 Å². The molecule has 6 nitrogen and oxygen atoms in total. The molecule has 1 rings (SSSR count). The van der Waals surface area contributed by atoms with Crippen LogP contribution in [-0.2, 0) is 4.74 Å². The maximum atomic E-state index is 12.1. The van der Waals surface area contributed by atoms with Crippen molar-refractivity contribution in [3.05, 3.63) is 0 Å². The average molecular weight is 326 g/mol. The van der Waals surface area contributed by atoms with E-state index in [1.54, 1.807) is 0 Å². The monoisotopic (exact) mass is 326 g/mol. The fraction of sp³-hybridized carbons (Fsp3) is 0.882. The van der Waals surface area contributed by atoms with Crippen molar-refractivity contribution < 1.29 is 9.53 Å². The molecule has 134 valence electrons. The number of nitrogens with two attached hydrogens (primary N) is 1. The molecule has 0 aromatic heterocycles. The molecule has 1 fully saturated rings. The van der Waals surface area contributed by atoms with Crippen LogP contribution in [0.25, 0.3) is 0 Å². The number of likely N-dealkylation sites (tertiary alicyclic amines) is 1. The lowest BCUT2D eigenvalue weighted by Crippen LogP contribution is -2.45. The molecule has 0 radical (unpaired) electrons. The SMILES string of the molecule is CC(C)(C)NC(N)=NCCC1CCCN(C(=O)OC(C)(C)C)C1. The Bertz CT molecular complexity index is 421.